The summed E-state index contributed by atoms with van der Waals surface area (Å²) in [6, 6.07) is 6.90. The number of halogens is 3. The number of carbonyl (C=O) groups excluding carboxylic acids is 2. The van der Waals surface area contributed by atoms with Crippen molar-refractivity contribution in [1.29, 1.82) is 0 Å². The number of ether oxygens (including phenoxy) is 1. The molecule has 5 nitrogen and oxygen atoms in total. The lowest BCUT2D eigenvalue weighted by molar-refractivity contribution is -0.145. The number of carbonyl (C=O) groups is 2. The van der Waals surface area contributed by atoms with E-state index >= 15 is 0 Å². The molecule has 0 bridgehead atoms. The Morgan fingerprint density at radius 1 is 1.23 bits per heavy atom. The summed E-state index contributed by atoms with van der Waals surface area (Å²) in [5.41, 5.74) is 0.544. The van der Waals surface area contributed by atoms with Gasteiger partial charge in [-0.2, -0.15) is 0 Å². The van der Waals surface area contributed by atoms with E-state index in [0.717, 1.165) is 10.6 Å². The van der Waals surface area contributed by atoms with E-state index in [1.54, 1.807) is 0 Å². The summed E-state index contributed by atoms with van der Waals surface area (Å²) < 4.78 is 35.4. The molecule has 0 amide bonds. The van der Waals surface area contributed by atoms with E-state index < -0.39 is 35.2 Å². The predicted octanol–water partition coefficient (Wildman–Crippen LogP) is 5.33. The second-order valence-corrected chi connectivity index (χ2v) is 7.39. The van der Waals surface area contributed by atoms with E-state index in [2.05, 4.69) is 0 Å². The van der Waals surface area contributed by atoms with E-state index in [9.17, 15) is 23.5 Å². The Hall–Kier alpha value is -2.93. The van der Waals surface area contributed by atoms with Gasteiger partial charge in [-0.25, -0.2) is 8.78 Å². The van der Waals surface area contributed by atoms with Gasteiger partial charge in [-0.1, -0.05) is 18.5 Å². The number of phenolic OH excluding ortho intramolecular Hbond substituents is 1. The summed E-state index contributed by atoms with van der Waals surface area (Å²) in [6.07, 6.45) is 0.606. The molecule has 1 N–H and O–H groups in total. The first kappa shape index (κ1) is 21.8. The van der Waals surface area contributed by atoms with Crippen LogP contribution in [0.15, 0.2) is 30.3 Å². The smallest absolute Gasteiger partial charge is 0.313 e. The Balaban J connectivity index is 2.28. The van der Waals surface area contributed by atoms with Gasteiger partial charge in [0, 0.05) is 27.7 Å². The number of aromatic nitrogens is 1. The van der Waals surface area contributed by atoms with Gasteiger partial charge in [0.15, 0.2) is 17.4 Å². The molecule has 30 heavy (non-hydrogen) atoms. The molecule has 0 aliphatic heterocycles. The van der Waals surface area contributed by atoms with Crippen molar-refractivity contribution < 1.29 is 28.2 Å². The predicted molar refractivity (Wildman–Crippen MR) is 109 cm³/mol. The highest BCUT2D eigenvalue weighted by molar-refractivity contribution is 6.30. The number of nitrogens with zero attached hydrogens (tertiary/aromatic N) is 1. The number of aromatic hydroxyl groups is 1. The SMILES string of the molecule is CCCOC(=O)[C@H](C)c1c(C)n(C(=O)c2ccc(Cl)cc2)c2cc(F)c(O)c(F)c12. The molecule has 0 unspecified atom stereocenters. The van der Waals surface area contributed by atoms with Crippen LogP contribution in [0.3, 0.4) is 0 Å². The number of fused-ring (bicyclic) bond motifs is 1. The van der Waals surface area contributed by atoms with Crippen LogP contribution in [0, 0.1) is 18.6 Å². The third kappa shape index (κ3) is 3.65. The van der Waals surface area contributed by atoms with Crippen LogP contribution in [0.25, 0.3) is 10.9 Å². The summed E-state index contributed by atoms with van der Waals surface area (Å²) in [5.74, 6) is -5.73. The van der Waals surface area contributed by atoms with Gasteiger partial charge in [0.1, 0.15) is 0 Å². The number of esters is 1. The second kappa shape index (κ2) is 8.44. The molecule has 0 radical (unpaired) electrons. The minimum absolute atomic E-state index is 0.0922. The van der Waals surface area contributed by atoms with Crippen LogP contribution < -0.4 is 0 Å². The van der Waals surface area contributed by atoms with Crippen molar-refractivity contribution in [1.82, 2.24) is 4.57 Å². The number of hydrogen-bond donors (Lipinski definition) is 1. The molecule has 0 spiro atoms. The van der Waals surface area contributed by atoms with Gasteiger partial charge in [0.2, 0.25) is 0 Å². The topological polar surface area (TPSA) is 68.5 Å². The van der Waals surface area contributed by atoms with E-state index in [1.807, 2.05) is 6.92 Å². The summed E-state index contributed by atoms with van der Waals surface area (Å²) in [5, 5.41) is 10.0. The number of benzene rings is 2. The van der Waals surface area contributed by atoms with E-state index in [0.29, 0.717) is 11.4 Å². The summed E-state index contributed by atoms with van der Waals surface area (Å²) in [4.78, 5) is 25.6. The van der Waals surface area contributed by atoms with Crippen molar-refractivity contribution in [3.8, 4) is 5.75 Å². The molecule has 0 aliphatic rings. The second-order valence-electron chi connectivity index (χ2n) is 6.95. The minimum atomic E-state index is -1.24. The van der Waals surface area contributed by atoms with Crippen LogP contribution in [-0.4, -0.2) is 28.2 Å². The molecule has 3 rings (SSSR count). The minimum Gasteiger partial charge on any atom is -0.503 e. The molecule has 1 atom stereocenters. The molecular weight excluding hydrogens is 416 g/mol. The third-order valence-corrected chi connectivity index (χ3v) is 5.19. The highest BCUT2D eigenvalue weighted by Gasteiger charge is 2.31. The molecule has 0 aliphatic carbocycles. The molecular formula is C22H20ClF2NO4. The molecule has 2 aromatic carbocycles. The number of rotatable bonds is 5. The highest BCUT2D eigenvalue weighted by atomic mass is 35.5. The normalized spacial score (nSPS) is 12.2. The zero-order valence-electron chi connectivity index (χ0n) is 16.6. The van der Waals surface area contributed by atoms with Crippen LogP contribution in [0.2, 0.25) is 5.02 Å². The molecule has 3 aromatic rings. The van der Waals surface area contributed by atoms with Crippen LogP contribution in [0.1, 0.15) is 47.8 Å². The maximum absolute atomic E-state index is 14.9. The lowest BCUT2D eigenvalue weighted by Gasteiger charge is -2.13. The molecule has 1 heterocycles. The van der Waals surface area contributed by atoms with E-state index in [-0.39, 0.29) is 34.3 Å². The van der Waals surface area contributed by atoms with Gasteiger partial charge in [-0.3, -0.25) is 14.2 Å². The van der Waals surface area contributed by atoms with Crippen LogP contribution >= 0.6 is 11.6 Å². The fraction of sp³-hybridized carbons (Fsp3) is 0.273. The highest BCUT2D eigenvalue weighted by Crippen LogP contribution is 2.39. The fourth-order valence-corrected chi connectivity index (χ4v) is 3.60. The molecule has 8 heteroatoms. The van der Waals surface area contributed by atoms with Crippen molar-refractivity contribution in [3.63, 3.8) is 0 Å². The molecule has 0 saturated heterocycles. The van der Waals surface area contributed by atoms with Gasteiger partial charge >= 0.3 is 5.97 Å². The first-order valence-corrected chi connectivity index (χ1v) is 9.75. The van der Waals surface area contributed by atoms with Gasteiger partial charge in [0.05, 0.1) is 18.0 Å². The summed E-state index contributed by atoms with van der Waals surface area (Å²) >= 11 is 5.87. The van der Waals surface area contributed by atoms with Gasteiger partial charge < -0.3 is 9.84 Å². The first-order valence-electron chi connectivity index (χ1n) is 9.37. The van der Waals surface area contributed by atoms with E-state index in [1.165, 1.54) is 38.1 Å². The molecule has 0 fully saturated rings. The lowest BCUT2D eigenvalue weighted by atomic mass is 9.97. The largest absolute Gasteiger partial charge is 0.503 e. The maximum Gasteiger partial charge on any atom is 0.313 e. The Morgan fingerprint density at radius 2 is 1.87 bits per heavy atom. The quantitative estimate of drug-likeness (QED) is 0.550. The average Bonchev–Trinajstić information content (AvgIpc) is 3.01. The lowest BCUT2D eigenvalue weighted by Crippen LogP contribution is -2.17. The Morgan fingerprint density at radius 3 is 2.47 bits per heavy atom. The average molecular weight is 436 g/mol. The maximum atomic E-state index is 14.9. The molecule has 1 aromatic heterocycles. The van der Waals surface area contributed by atoms with Crippen molar-refractivity contribution in [2.24, 2.45) is 0 Å². The van der Waals surface area contributed by atoms with Crippen LogP contribution in [-0.2, 0) is 9.53 Å². The monoisotopic (exact) mass is 435 g/mol. The van der Waals surface area contributed by atoms with Crippen molar-refractivity contribution >= 4 is 34.4 Å². The van der Waals surface area contributed by atoms with E-state index in [4.69, 9.17) is 16.3 Å². The Kier molecular flexibility index (Phi) is 6.12. The van der Waals surface area contributed by atoms with Crippen molar-refractivity contribution in [3.05, 3.63) is 63.8 Å². The number of hydrogen-bond acceptors (Lipinski definition) is 4. The van der Waals surface area contributed by atoms with Crippen LogP contribution in [0.4, 0.5) is 8.78 Å². The standard InChI is InChI=1S/C22H20ClF2NO4/c1-4-9-30-22(29)11(2)17-12(3)26(21(28)13-5-7-14(23)8-6-13)16-10-15(24)20(27)19(25)18(16)17/h5-8,10-11,27H,4,9H2,1-3H3/t11-/m1/s1. The van der Waals surface area contributed by atoms with Crippen molar-refractivity contribution in [2.45, 2.75) is 33.1 Å². The first-order chi connectivity index (χ1) is 14.2. The van der Waals surface area contributed by atoms with Crippen LogP contribution in [0.5, 0.6) is 5.75 Å². The third-order valence-electron chi connectivity index (χ3n) is 4.94. The molecule has 0 saturated carbocycles. The van der Waals surface area contributed by atoms with Gasteiger partial charge in [-0.15, -0.1) is 0 Å². The molecule has 158 valence electrons. The Bertz CT molecular complexity index is 1140. The van der Waals surface area contributed by atoms with Gasteiger partial charge in [0.25, 0.3) is 5.91 Å². The number of phenols is 1. The van der Waals surface area contributed by atoms with Crippen molar-refractivity contribution in [2.75, 3.05) is 6.61 Å². The Labute approximate surface area is 176 Å². The zero-order chi connectivity index (χ0) is 22.2. The zero-order valence-corrected chi connectivity index (χ0v) is 17.4. The van der Waals surface area contributed by atoms with Gasteiger partial charge in [-0.05, 0) is 50.1 Å². The summed E-state index contributed by atoms with van der Waals surface area (Å²) in [7, 11) is 0. The summed E-state index contributed by atoms with van der Waals surface area (Å²) in [6.45, 7) is 5.06. The fourth-order valence-electron chi connectivity index (χ4n) is 3.47.